The van der Waals surface area contributed by atoms with Crippen molar-refractivity contribution >= 4 is 30.2 Å². The normalized spacial score (nSPS) is 7.43. The van der Waals surface area contributed by atoms with Gasteiger partial charge in [-0.05, 0) is 12.1 Å². The molecule has 6 nitrogen and oxygen atoms in total. The summed E-state index contributed by atoms with van der Waals surface area (Å²) in [7, 11) is -3.57. The zero-order chi connectivity index (χ0) is 16.8. The molecule has 1 aromatic heterocycles. The van der Waals surface area contributed by atoms with Crippen LogP contribution in [0.15, 0.2) is 18.3 Å². The number of amides is 1. The second kappa shape index (κ2) is 22.7. The van der Waals surface area contributed by atoms with Crippen molar-refractivity contribution < 1.29 is 13.2 Å². The molecule has 1 rings (SSSR count). The molecule has 23 heavy (non-hydrogen) atoms. The molecular formula is C15H35BN3O3S. The second-order valence-electron chi connectivity index (χ2n) is 2.64. The van der Waals surface area contributed by atoms with E-state index in [0.29, 0.717) is 0 Å². The highest BCUT2D eigenvalue weighted by atomic mass is 32.2. The minimum atomic E-state index is -3.57. The SMILES string of the molecule is C.C.CC.CC.CC.CS(=O)(=O)NC(=O)c1cccnc1N.[B]. The maximum absolute atomic E-state index is 11.3. The zero-order valence-corrected chi connectivity index (χ0v) is 14.8. The topological polar surface area (TPSA) is 102 Å². The van der Waals surface area contributed by atoms with Crippen molar-refractivity contribution in [2.24, 2.45) is 0 Å². The van der Waals surface area contributed by atoms with Crippen molar-refractivity contribution in [2.45, 2.75) is 56.4 Å². The average Bonchev–Trinajstić information content (AvgIpc) is 2.44. The van der Waals surface area contributed by atoms with Crippen molar-refractivity contribution in [3.8, 4) is 0 Å². The summed E-state index contributed by atoms with van der Waals surface area (Å²) in [5.41, 5.74) is 5.41. The molecule has 0 atom stereocenters. The Labute approximate surface area is 145 Å². The number of pyridine rings is 1. The van der Waals surface area contributed by atoms with Gasteiger partial charge in [-0.25, -0.2) is 18.1 Å². The summed E-state index contributed by atoms with van der Waals surface area (Å²) in [5, 5.41) is 0. The third kappa shape index (κ3) is 20.4. The molecule has 0 fully saturated rings. The molecule has 1 amide bonds. The molecule has 0 aromatic carbocycles. The monoisotopic (exact) mass is 348 g/mol. The van der Waals surface area contributed by atoms with Crippen molar-refractivity contribution in [3.05, 3.63) is 23.9 Å². The highest BCUT2D eigenvalue weighted by Crippen LogP contribution is 2.06. The number of carbonyl (C=O) groups excluding carboxylic acids is 1. The molecule has 0 aliphatic rings. The summed E-state index contributed by atoms with van der Waals surface area (Å²) < 4.78 is 23.3. The fraction of sp³-hybridized carbons (Fsp3) is 0.600. The predicted molar refractivity (Wildman–Crippen MR) is 104 cm³/mol. The van der Waals surface area contributed by atoms with Crippen LogP contribution in [0.1, 0.15) is 66.8 Å². The lowest BCUT2D eigenvalue weighted by molar-refractivity contribution is 0.0982. The van der Waals surface area contributed by atoms with Crippen LogP contribution in [-0.4, -0.2) is 34.0 Å². The van der Waals surface area contributed by atoms with Crippen LogP contribution in [0.2, 0.25) is 0 Å². The van der Waals surface area contributed by atoms with Gasteiger partial charge < -0.3 is 5.73 Å². The van der Waals surface area contributed by atoms with E-state index in [2.05, 4.69) is 4.98 Å². The van der Waals surface area contributed by atoms with Gasteiger partial charge in [-0.3, -0.25) is 4.79 Å². The molecule has 0 aliphatic carbocycles. The van der Waals surface area contributed by atoms with Gasteiger partial charge in [-0.15, -0.1) is 0 Å². The predicted octanol–water partition coefficient (Wildman–Crippen LogP) is 3.32. The molecular weight excluding hydrogens is 313 g/mol. The first-order chi connectivity index (χ1) is 9.40. The summed E-state index contributed by atoms with van der Waals surface area (Å²) in [4.78, 5) is 14.9. The number of hydrogen-bond donors (Lipinski definition) is 2. The van der Waals surface area contributed by atoms with Crippen LogP contribution in [0.25, 0.3) is 0 Å². The average molecular weight is 348 g/mol. The van der Waals surface area contributed by atoms with Gasteiger partial charge in [0, 0.05) is 14.6 Å². The number of nitrogens with zero attached hydrogens (tertiary/aromatic N) is 1. The zero-order valence-electron chi connectivity index (χ0n) is 14.0. The summed E-state index contributed by atoms with van der Waals surface area (Å²) in [6.45, 7) is 12.0. The number of rotatable bonds is 2. The van der Waals surface area contributed by atoms with E-state index >= 15 is 0 Å². The van der Waals surface area contributed by atoms with E-state index in [1.54, 1.807) is 4.72 Å². The number of sulfonamides is 1. The summed E-state index contributed by atoms with van der Waals surface area (Å²) in [6.07, 6.45) is 2.30. The minimum absolute atomic E-state index is 0. The van der Waals surface area contributed by atoms with Crippen molar-refractivity contribution in [1.29, 1.82) is 0 Å². The first-order valence-electron chi connectivity index (χ1n) is 6.63. The fourth-order valence-electron chi connectivity index (χ4n) is 0.833. The highest BCUT2D eigenvalue weighted by molar-refractivity contribution is 7.89. The Bertz CT molecular complexity index is 467. The summed E-state index contributed by atoms with van der Waals surface area (Å²) >= 11 is 0. The van der Waals surface area contributed by atoms with Crippen LogP contribution in [0.3, 0.4) is 0 Å². The molecule has 0 aliphatic heterocycles. The fourth-order valence-corrected chi connectivity index (χ4v) is 1.28. The van der Waals surface area contributed by atoms with Gasteiger partial charge in [-0.2, -0.15) is 0 Å². The van der Waals surface area contributed by atoms with Crippen LogP contribution in [-0.2, 0) is 10.0 Å². The van der Waals surface area contributed by atoms with Crippen LogP contribution < -0.4 is 10.5 Å². The number of anilines is 1. The first-order valence-corrected chi connectivity index (χ1v) is 8.52. The largest absolute Gasteiger partial charge is 0.383 e. The van der Waals surface area contributed by atoms with Crippen LogP contribution in [0.4, 0.5) is 5.82 Å². The molecule has 1 aromatic rings. The van der Waals surface area contributed by atoms with E-state index in [9.17, 15) is 13.2 Å². The van der Waals surface area contributed by atoms with Gasteiger partial charge in [0.15, 0.2) is 0 Å². The lowest BCUT2D eigenvalue weighted by atomic mass is 10.2. The molecule has 8 heteroatoms. The molecule has 3 N–H and O–H groups in total. The molecule has 0 saturated heterocycles. The molecule has 3 radical (unpaired) electrons. The standard InChI is InChI=1S/C7H9N3O3S.3C2H6.2CH4.B/c1-14(12,13)10-7(11)5-3-2-4-9-6(5)8;3*1-2;;;/h2-4H,1H3,(H2,8,9)(H,10,11);3*1-2H3;2*1H4;. The third-order valence-corrected chi connectivity index (χ3v) is 1.92. The number of nitrogens with one attached hydrogen (secondary N) is 1. The molecule has 0 bridgehead atoms. The molecule has 0 unspecified atom stereocenters. The van der Waals surface area contributed by atoms with E-state index in [1.165, 1.54) is 18.3 Å². The Morgan fingerprint density at radius 3 is 1.78 bits per heavy atom. The minimum Gasteiger partial charge on any atom is -0.383 e. The highest BCUT2D eigenvalue weighted by Gasteiger charge is 2.13. The lowest BCUT2D eigenvalue weighted by Gasteiger charge is -2.03. The lowest BCUT2D eigenvalue weighted by Crippen LogP contribution is -2.30. The van der Waals surface area contributed by atoms with Gasteiger partial charge in [0.05, 0.1) is 11.8 Å². The quantitative estimate of drug-likeness (QED) is 0.798. The maximum Gasteiger partial charge on any atom is 0.268 e. The Morgan fingerprint density at radius 1 is 1.09 bits per heavy atom. The van der Waals surface area contributed by atoms with E-state index < -0.39 is 15.9 Å². The van der Waals surface area contributed by atoms with Crippen LogP contribution in [0.5, 0.6) is 0 Å². The van der Waals surface area contributed by atoms with Crippen molar-refractivity contribution in [1.82, 2.24) is 9.71 Å². The number of hydrogen-bond acceptors (Lipinski definition) is 5. The van der Waals surface area contributed by atoms with Crippen molar-refractivity contribution in [3.63, 3.8) is 0 Å². The number of nitrogen functional groups attached to an aromatic ring is 1. The van der Waals surface area contributed by atoms with E-state index in [1.807, 2.05) is 41.5 Å². The van der Waals surface area contributed by atoms with Gasteiger partial charge in [0.2, 0.25) is 10.0 Å². The molecule has 1 heterocycles. The van der Waals surface area contributed by atoms with Crippen LogP contribution >= 0.6 is 0 Å². The molecule has 137 valence electrons. The Balaban J connectivity index is -0.0000000722. The maximum atomic E-state index is 11.3. The molecule has 0 saturated carbocycles. The van der Waals surface area contributed by atoms with Gasteiger partial charge >= 0.3 is 0 Å². The second-order valence-corrected chi connectivity index (χ2v) is 4.39. The number of aromatic nitrogens is 1. The number of carbonyl (C=O) groups is 1. The Hall–Kier alpha value is -1.57. The van der Waals surface area contributed by atoms with Gasteiger partial charge in [0.25, 0.3) is 5.91 Å². The van der Waals surface area contributed by atoms with E-state index in [0.717, 1.165) is 6.26 Å². The van der Waals surface area contributed by atoms with E-state index in [4.69, 9.17) is 5.73 Å². The van der Waals surface area contributed by atoms with Gasteiger partial charge in [-0.1, -0.05) is 56.4 Å². The molecule has 0 spiro atoms. The Kier molecular flexibility index (Phi) is 37.1. The Morgan fingerprint density at radius 2 is 1.48 bits per heavy atom. The van der Waals surface area contributed by atoms with Crippen molar-refractivity contribution in [2.75, 3.05) is 12.0 Å². The van der Waals surface area contributed by atoms with Crippen LogP contribution in [0, 0.1) is 0 Å². The summed E-state index contributed by atoms with van der Waals surface area (Å²) in [6, 6.07) is 2.89. The third-order valence-electron chi connectivity index (χ3n) is 1.36. The van der Waals surface area contributed by atoms with E-state index in [-0.39, 0.29) is 34.6 Å². The smallest absolute Gasteiger partial charge is 0.268 e. The van der Waals surface area contributed by atoms with Gasteiger partial charge in [0.1, 0.15) is 5.82 Å². The number of nitrogens with two attached hydrogens (primary N) is 1. The summed E-state index contributed by atoms with van der Waals surface area (Å²) in [5.74, 6) is -0.785. The first kappa shape index (κ1) is 37.6.